The number of hydrogen-bond acceptors (Lipinski definition) is 4. The van der Waals surface area contributed by atoms with Gasteiger partial charge in [-0.15, -0.1) is 0 Å². The van der Waals surface area contributed by atoms with Crippen molar-refractivity contribution in [3.05, 3.63) is 94.0 Å². The predicted octanol–water partition coefficient (Wildman–Crippen LogP) is 5.42. The molecule has 168 valence electrons. The first-order valence-corrected chi connectivity index (χ1v) is 13.1. The monoisotopic (exact) mass is 488 g/mol. The molecule has 0 saturated carbocycles. The smallest absolute Gasteiger partial charge is 0.263 e. The molecule has 3 rings (SSSR count). The summed E-state index contributed by atoms with van der Waals surface area (Å²) in [6.45, 7) is 4.33. The van der Waals surface area contributed by atoms with E-state index in [1.807, 2.05) is 6.07 Å². The number of hydrogen-bond donors (Lipinski definition) is 2. The minimum absolute atomic E-state index is 0.0521. The van der Waals surface area contributed by atoms with Gasteiger partial charge in [-0.1, -0.05) is 59.6 Å². The molecule has 0 aliphatic rings. The van der Waals surface area contributed by atoms with Gasteiger partial charge in [0.15, 0.2) is 0 Å². The number of sulfonamides is 1. The largest absolute Gasteiger partial charge is 0.351 e. The lowest BCUT2D eigenvalue weighted by molar-refractivity contribution is 0.0956. The van der Waals surface area contributed by atoms with E-state index < -0.39 is 10.0 Å². The van der Waals surface area contributed by atoms with Crippen molar-refractivity contribution in [2.45, 2.75) is 24.5 Å². The van der Waals surface area contributed by atoms with Gasteiger partial charge >= 0.3 is 0 Å². The molecule has 0 aliphatic carbocycles. The number of halogens is 1. The molecule has 0 heterocycles. The number of carbonyl (C=O) groups excluding carboxylic acids is 1. The van der Waals surface area contributed by atoms with E-state index in [9.17, 15) is 13.2 Å². The molecule has 0 aliphatic heterocycles. The summed E-state index contributed by atoms with van der Waals surface area (Å²) in [4.78, 5) is 12.4. The number of benzene rings is 3. The van der Waals surface area contributed by atoms with Gasteiger partial charge in [0, 0.05) is 23.6 Å². The summed E-state index contributed by atoms with van der Waals surface area (Å²) in [5, 5.41) is 2.89. The van der Waals surface area contributed by atoms with E-state index in [1.54, 1.807) is 36.9 Å². The number of para-hydroxylation sites is 1. The minimum atomic E-state index is -3.95. The number of amides is 1. The van der Waals surface area contributed by atoms with Gasteiger partial charge in [0.05, 0.1) is 10.7 Å². The Labute approximate surface area is 198 Å². The van der Waals surface area contributed by atoms with Gasteiger partial charge in [-0.3, -0.25) is 9.52 Å². The van der Waals surface area contributed by atoms with Gasteiger partial charge in [0.1, 0.15) is 4.90 Å². The van der Waals surface area contributed by atoms with Crippen LogP contribution in [0.1, 0.15) is 27.0 Å². The third kappa shape index (κ3) is 6.51. The molecule has 0 bridgehead atoms. The van der Waals surface area contributed by atoms with E-state index >= 15 is 0 Å². The highest BCUT2D eigenvalue weighted by Crippen LogP contribution is 2.26. The summed E-state index contributed by atoms with van der Waals surface area (Å²) in [5.74, 6) is 1.27. The van der Waals surface area contributed by atoms with E-state index in [4.69, 9.17) is 11.6 Å². The van der Waals surface area contributed by atoms with Crippen molar-refractivity contribution in [3.8, 4) is 0 Å². The van der Waals surface area contributed by atoms with Gasteiger partial charge in [-0.25, -0.2) is 8.42 Å². The number of carbonyl (C=O) groups is 1. The summed E-state index contributed by atoms with van der Waals surface area (Å²) in [6.07, 6.45) is 0. The number of aryl methyl sites for hydroxylation is 2. The van der Waals surface area contributed by atoms with Gasteiger partial charge in [0.2, 0.25) is 0 Å². The lowest BCUT2D eigenvalue weighted by atomic mass is 10.2. The zero-order valence-corrected chi connectivity index (χ0v) is 20.3. The minimum Gasteiger partial charge on any atom is -0.351 e. The van der Waals surface area contributed by atoms with Crippen molar-refractivity contribution in [1.29, 1.82) is 0 Å². The fourth-order valence-corrected chi connectivity index (χ4v) is 5.43. The Balaban J connectivity index is 1.59. The number of nitrogens with one attached hydrogen (secondary N) is 2. The molecular weight excluding hydrogens is 464 g/mol. The molecule has 3 aromatic rings. The second kappa shape index (κ2) is 10.9. The summed E-state index contributed by atoms with van der Waals surface area (Å²) >= 11 is 7.87. The van der Waals surface area contributed by atoms with Crippen LogP contribution in [-0.4, -0.2) is 26.6 Å². The first-order chi connectivity index (χ1) is 15.3. The second-order valence-electron chi connectivity index (χ2n) is 7.36. The first kappa shape index (κ1) is 24.2. The Bertz CT molecular complexity index is 1200. The number of thioether (sulfide) groups is 1. The number of anilines is 1. The van der Waals surface area contributed by atoms with Crippen molar-refractivity contribution in [2.75, 3.05) is 17.0 Å². The van der Waals surface area contributed by atoms with E-state index in [0.717, 1.165) is 17.1 Å². The van der Waals surface area contributed by atoms with Crippen LogP contribution in [0.3, 0.4) is 0 Å². The van der Waals surface area contributed by atoms with Gasteiger partial charge in [0.25, 0.3) is 15.9 Å². The van der Waals surface area contributed by atoms with Gasteiger partial charge in [-0.2, -0.15) is 11.8 Å². The fourth-order valence-electron chi connectivity index (χ4n) is 2.95. The van der Waals surface area contributed by atoms with Crippen LogP contribution in [0.5, 0.6) is 0 Å². The molecule has 3 aromatic carbocycles. The number of rotatable bonds is 9. The molecule has 0 saturated heterocycles. The maximum Gasteiger partial charge on any atom is 0.263 e. The molecular formula is C24H25ClN2O3S2. The third-order valence-corrected chi connectivity index (χ3v) is 7.67. The van der Waals surface area contributed by atoms with Crippen LogP contribution in [0.15, 0.2) is 71.6 Å². The van der Waals surface area contributed by atoms with E-state index in [0.29, 0.717) is 12.2 Å². The molecule has 8 heteroatoms. The molecule has 0 spiro atoms. The van der Waals surface area contributed by atoms with Crippen molar-refractivity contribution >= 4 is 45.0 Å². The maximum absolute atomic E-state index is 12.9. The van der Waals surface area contributed by atoms with E-state index in [1.165, 1.54) is 29.3 Å². The van der Waals surface area contributed by atoms with Crippen LogP contribution < -0.4 is 10.0 Å². The molecule has 0 radical (unpaired) electrons. The zero-order valence-electron chi connectivity index (χ0n) is 17.9. The van der Waals surface area contributed by atoms with E-state index in [-0.39, 0.29) is 21.4 Å². The molecule has 5 nitrogen and oxygen atoms in total. The Hall–Kier alpha value is -2.48. The summed E-state index contributed by atoms with van der Waals surface area (Å²) in [5.41, 5.74) is 3.95. The molecule has 32 heavy (non-hydrogen) atoms. The SMILES string of the molecule is Cc1ccc(CSCCNC(=O)c2ccc(Cl)c(S(=O)(=O)Nc3ccccc3C)c2)cc1. The molecule has 0 aromatic heterocycles. The predicted molar refractivity (Wildman–Crippen MR) is 133 cm³/mol. The van der Waals surface area contributed by atoms with Crippen LogP contribution in [0.2, 0.25) is 5.02 Å². The Kier molecular flexibility index (Phi) is 8.23. The van der Waals surface area contributed by atoms with Crippen LogP contribution in [0.25, 0.3) is 0 Å². The second-order valence-corrected chi connectivity index (χ2v) is 10.5. The average molecular weight is 489 g/mol. The van der Waals surface area contributed by atoms with Crippen molar-refractivity contribution in [3.63, 3.8) is 0 Å². The lowest BCUT2D eigenvalue weighted by Crippen LogP contribution is -2.26. The van der Waals surface area contributed by atoms with Gasteiger partial charge < -0.3 is 5.32 Å². The topological polar surface area (TPSA) is 75.3 Å². The van der Waals surface area contributed by atoms with Crippen molar-refractivity contribution in [1.82, 2.24) is 5.32 Å². The third-order valence-electron chi connectivity index (χ3n) is 4.79. The van der Waals surface area contributed by atoms with Crippen LogP contribution in [0, 0.1) is 13.8 Å². The molecule has 2 N–H and O–H groups in total. The zero-order chi connectivity index (χ0) is 23.1. The van der Waals surface area contributed by atoms with Crippen LogP contribution in [-0.2, 0) is 15.8 Å². The maximum atomic E-state index is 12.9. The van der Waals surface area contributed by atoms with Crippen molar-refractivity contribution in [2.24, 2.45) is 0 Å². The fraction of sp³-hybridized carbons (Fsp3) is 0.208. The van der Waals surface area contributed by atoms with E-state index in [2.05, 4.69) is 41.2 Å². The summed E-state index contributed by atoms with van der Waals surface area (Å²) < 4.78 is 28.3. The Morgan fingerprint density at radius 3 is 2.44 bits per heavy atom. The normalized spacial score (nSPS) is 11.2. The van der Waals surface area contributed by atoms with Gasteiger partial charge in [-0.05, 0) is 49.2 Å². The Morgan fingerprint density at radius 2 is 1.72 bits per heavy atom. The standard InChI is InChI=1S/C24H25ClN2O3S2/c1-17-7-9-19(10-8-17)16-31-14-13-26-24(28)20-11-12-21(25)23(15-20)32(29,30)27-22-6-4-3-5-18(22)2/h3-12,15,27H,13-14,16H2,1-2H3,(H,26,28). The highest BCUT2D eigenvalue weighted by atomic mass is 35.5. The summed E-state index contributed by atoms with van der Waals surface area (Å²) in [6, 6.07) is 19.7. The Morgan fingerprint density at radius 1 is 1.00 bits per heavy atom. The molecule has 1 amide bonds. The summed E-state index contributed by atoms with van der Waals surface area (Å²) in [7, 11) is -3.95. The molecule has 0 atom stereocenters. The van der Waals surface area contributed by atoms with Crippen molar-refractivity contribution < 1.29 is 13.2 Å². The highest BCUT2D eigenvalue weighted by Gasteiger charge is 2.21. The highest BCUT2D eigenvalue weighted by molar-refractivity contribution is 7.98. The lowest BCUT2D eigenvalue weighted by Gasteiger charge is -2.13. The average Bonchev–Trinajstić information content (AvgIpc) is 2.76. The van der Waals surface area contributed by atoms with Crippen LogP contribution in [0.4, 0.5) is 5.69 Å². The van der Waals surface area contributed by atoms with Crippen LogP contribution >= 0.6 is 23.4 Å². The quantitative estimate of drug-likeness (QED) is 0.394. The molecule has 0 fully saturated rings. The first-order valence-electron chi connectivity index (χ1n) is 10.1. The molecule has 0 unspecified atom stereocenters.